The second-order valence-electron chi connectivity index (χ2n) is 13.7. The minimum absolute atomic E-state index is 0.122. The highest BCUT2D eigenvalue weighted by molar-refractivity contribution is 6.19. The maximum absolute atomic E-state index is 7.01. The fourth-order valence-corrected chi connectivity index (χ4v) is 8.20. The first-order valence-corrected chi connectivity index (χ1v) is 17.0. The van der Waals surface area contributed by atoms with Crippen molar-refractivity contribution >= 4 is 60.5 Å². The molecular formula is C47H33NO. The summed E-state index contributed by atoms with van der Waals surface area (Å²) in [5.41, 5.74) is 12.5. The molecule has 0 saturated carbocycles. The van der Waals surface area contributed by atoms with Gasteiger partial charge < -0.3 is 9.32 Å². The molecule has 0 atom stereocenters. The van der Waals surface area contributed by atoms with Crippen LogP contribution in [0.3, 0.4) is 0 Å². The lowest BCUT2D eigenvalue weighted by Crippen LogP contribution is -2.17. The first-order chi connectivity index (χ1) is 24.1. The Bertz CT molecular complexity index is 2750. The summed E-state index contributed by atoms with van der Waals surface area (Å²) in [6.07, 6.45) is 0. The third-order valence-corrected chi connectivity index (χ3v) is 10.6. The Morgan fingerprint density at radius 1 is 0.449 bits per heavy atom. The summed E-state index contributed by atoms with van der Waals surface area (Å²) in [7, 11) is 0. The van der Waals surface area contributed by atoms with Crippen molar-refractivity contribution in [2.24, 2.45) is 0 Å². The van der Waals surface area contributed by atoms with Gasteiger partial charge in [0.2, 0.25) is 0 Å². The largest absolute Gasteiger partial charge is 0.455 e. The molecule has 0 fully saturated rings. The second-order valence-corrected chi connectivity index (χ2v) is 13.7. The van der Waals surface area contributed by atoms with Crippen LogP contribution in [0.5, 0.6) is 0 Å². The Morgan fingerprint density at radius 3 is 1.96 bits per heavy atom. The predicted octanol–water partition coefficient (Wildman–Crippen LogP) is 13.3. The van der Waals surface area contributed by atoms with E-state index in [4.69, 9.17) is 4.42 Å². The molecular weight excluding hydrogens is 595 g/mol. The third-order valence-electron chi connectivity index (χ3n) is 10.6. The van der Waals surface area contributed by atoms with Crippen molar-refractivity contribution in [2.75, 3.05) is 4.90 Å². The van der Waals surface area contributed by atoms with E-state index in [1.807, 2.05) is 0 Å². The molecule has 0 unspecified atom stereocenters. The van der Waals surface area contributed by atoms with Gasteiger partial charge in [-0.2, -0.15) is 0 Å². The fraction of sp³-hybridized carbons (Fsp3) is 0.0638. The summed E-state index contributed by atoms with van der Waals surface area (Å²) >= 11 is 0. The van der Waals surface area contributed by atoms with E-state index in [9.17, 15) is 0 Å². The van der Waals surface area contributed by atoms with Crippen LogP contribution in [0.25, 0.3) is 65.7 Å². The van der Waals surface area contributed by atoms with Crippen LogP contribution in [0, 0.1) is 0 Å². The van der Waals surface area contributed by atoms with Crippen LogP contribution in [0.4, 0.5) is 17.1 Å². The Kier molecular flexibility index (Phi) is 5.95. The highest BCUT2D eigenvalue weighted by atomic mass is 16.3. The molecule has 1 heterocycles. The molecule has 0 N–H and O–H groups in total. The van der Waals surface area contributed by atoms with Crippen molar-refractivity contribution in [3.8, 4) is 22.3 Å². The zero-order valence-electron chi connectivity index (χ0n) is 27.4. The number of furan rings is 1. The molecule has 1 aliphatic rings. The third kappa shape index (κ3) is 4.14. The lowest BCUT2D eigenvalue weighted by Gasteiger charge is -2.30. The van der Waals surface area contributed by atoms with Crippen LogP contribution in [0.2, 0.25) is 0 Å². The zero-order chi connectivity index (χ0) is 32.7. The van der Waals surface area contributed by atoms with Gasteiger partial charge in [0.1, 0.15) is 11.2 Å². The van der Waals surface area contributed by atoms with Crippen molar-refractivity contribution in [3.63, 3.8) is 0 Å². The monoisotopic (exact) mass is 627 g/mol. The first-order valence-electron chi connectivity index (χ1n) is 17.0. The minimum Gasteiger partial charge on any atom is -0.455 e. The molecule has 0 bridgehead atoms. The van der Waals surface area contributed by atoms with Crippen molar-refractivity contribution in [1.29, 1.82) is 0 Å². The lowest BCUT2D eigenvalue weighted by atomic mass is 9.82. The molecule has 2 nitrogen and oxygen atoms in total. The van der Waals surface area contributed by atoms with E-state index in [2.05, 4.69) is 183 Å². The molecule has 0 amide bonds. The Morgan fingerprint density at radius 2 is 1.08 bits per heavy atom. The van der Waals surface area contributed by atoms with E-state index < -0.39 is 0 Å². The smallest absolute Gasteiger partial charge is 0.145 e. The van der Waals surface area contributed by atoms with Crippen molar-refractivity contribution in [1.82, 2.24) is 0 Å². The molecule has 2 heteroatoms. The number of nitrogens with zero attached hydrogens (tertiary/aromatic N) is 1. The van der Waals surface area contributed by atoms with E-state index in [0.717, 1.165) is 55.5 Å². The van der Waals surface area contributed by atoms with Gasteiger partial charge in [0.15, 0.2) is 0 Å². The summed E-state index contributed by atoms with van der Waals surface area (Å²) in [5, 5.41) is 6.98. The summed E-state index contributed by atoms with van der Waals surface area (Å²) in [6.45, 7) is 4.70. The molecule has 0 saturated heterocycles. The van der Waals surface area contributed by atoms with Crippen LogP contribution in [0.1, 0.15) is 25.0 Å². The molecule has 1 aliphatic carbocycles. The normalized spacial score (nSPS) is 13.3. The van der Waals surface area contributed by atoms with Gasteiger partial charge in [0.25, 0.3) is 0 Å². The number of fused-ring (bicyclic) bond motifs is 9. The van der Waals surface area contributed by atoms with Gasteiger partial charge in [0, 0.05) is 38.5 Å². The average molecular weight is 628 g/mol. The van der Waals surface area contributed by atoms with Crippen LogP contribution in [0.15, 0.2) is 168 Å². The SMILES string of the molecule is CC1(C)c2ccccc2-c2ccc(N(c3ccc4ccccc4c3)c3ccc4c(oc5c6ccccc6ccc45)c3-c3ccccc3)cc21. The molecule has 10 rings (SSSR count). The second kappa shape index (κ2) is 10.4. The topological polar surface area (TPSA) is 16.4 Å². The maximum Gasteiger partial charge on any atom is 0.145 e. The molecule has 0 radical (unpaired) electrons. The van der Waals surface area contributed by atoms with Crippen molar-refractivity contribution in [3.05, 3.63) is 175 Å². The van der Waals surface area contributed by atoms with Gasteiger partial charge in [-0.1, -0.05) is 135 Å². The Balaban J connectivity index is 1.29. The lowest BCUT2D eigenvalue weighted by molar-refractivity contribution is 0.660. The van der Waals surface area contributed by atoms with Crippen molar-refractivity contribution in [2.45, 2.75) is 19.3 Å². The predicted molar refractivity (Wildman–Crippen MR) is 206 cm³/mol. The van der Waals surface area contributed by atoms with E-state index in [1.54, 1.807) is 0 Å². The zero-order valence-corrected chi connectivity index (χ0v) is 27.4. The van der Waals surface area contributed by atoms with Gasteiger partial charge in [0.05, 0.1) is 5.69 Å². The summed E-state index contributed by atoms with van der Waals surface area (Å²) in [6, 6.07) is 59.4. The van der Waals surface area contributed by atoms with Crippen LogP contribution < -0.4 is 4.90 Å². The number of hydrogen-bond acceptors (Lipinski definition) is 2. The maximum atomic E-state index is 7.01. The minimum atomic E-state index is -0.122. The first kappa shape index (κ1) is 27.9. The summed E-state index contributed by atoms with van der Waals surface area (Å²) in [5.74, 6) is 0. The fourth-order valence-electron chi connectivity index (χ4n) is 8.20. The van der Waals surface area contributed by atoms with Gasteiger partial charge in [-0.3, -0.25) is 0 Å². The molecule has 1 aromatic heterocycles. The summed E-state index contributed by atoms with van der Waals surface area (Å²) < 4.78 is 7.01. The number of hydrogen-bond donors (Lipinski definition) is 0. The number of benzene rings is 8. The Labute approximate surface area is 285 Å². The van der Waals surface area contributed by atoms with Gasteiger partial charge in [-0.05, 0) is 86.4 Å². The van der Waals surface area contributed by atoms with Crippen molar-refractivity contribution < 1.29 is 4.42 Å². The van der Waals surface area contributed by atoms with Crippen LogP contribution >= 0.6 is 0 Å². The highest BCUT2D eigenvalue weighted by Crippen LogP contribution is 2.52. The van der Waals surface area contributed by atoms with E-state index in [1.165, 1.54) is 38.4 Å². The van der Waals surface area contributed by atoms with Gasteiger partial charge in [-0.15, -0.1) is 0 Å². The average Bonchev–Trinajstić information content (AvgIpc) is 3.64. The van der Waals surface area contributed by atoms with Gasteiger partial charge in [-0.25, -0.2) is 0 Å². The molecule has 232 valence electrons. The Hall–Kier alpha value is -6.12. The molecule has 49 heavy (non-hydrogen) atoms. The van der Waals surface area contributed by atoms with E-state index >= 15 is 0 Å². The van der Waals surface area contributed by atoms with Gasteiger partial charge >= 0.3 is 0 Å². The number of rotatable bonds is 4. The molecule has 8 aromatic carbocycles. The molecule has 0 aliphatic heterocycles. The molecule has 9 aromatic rings. The standard InChI is InChI=1S/C47H33NO/c1-47(2)41-19-11-10-18-37(41)38-25-23-35(29-42(38)47)48(34-22-20-30-12-6-7-16-33(30)28-34)43-27-26-40-39-24-21-31-13-8-9-17-36(31)45(39)49-46(40)44(43)32-14-4-3-5-15-32/h3-29H,1-2H3. The van der Waals surface area contributed by atoms with Crippen LogP contribution in [-0.4, -0.2) is 0 Å². The quantitative estimate of drug-likeness (QED) is 0.193. The molecule has 0 spiro atoms. The van der Waals surface area contributed by atoms with Crippen LogP contribution in [-0.2, 0) is 5.41 Å². The van der Waals surface area contributed by atoms with E-state index in [0.29, 0.717) is 0 Å². The summed E-state index contributed by atoms with van der Waals surface area (Å²) in [4.78, 5) is 2.43. The van der Waals surface area contributed by atoms with E-state index in [-0.39, 0.29) is 5.41 Å². The number of anilines is 3. The highest BCUT2D eigenvalue weighted by Gasteiger charge is 2.36.